The van der Waals surface area contributed by atoms with Crippen LogP contribution >= 0.6 is 23.2 Å². The predicted octanol–water partition coefficient (Wildman–Crippen LogP) is 2.78. The second-order valence-electron chi connectivity index (χ2n) is 3.84. The summed E-state index contributed by atoms with van der Waals surface area (Å²) in [7, 11) is 1.59. The van der Waals surface area contributed by atoms with E-state index in [-0.39, 0.29) is 11.9 Å². The summed E-state index contributed by atoms with van der Waals surface area (Å²) in [6.07, 6.45) is 0. The topological polar surface area (TPSA) is 40.6 Å². The van der Waals surface area contributed by atoms with E-state index >= 15 is 0 Å². The van der Waals surface area contributed by atoms with Crippen molar-refractivity contribution in [1.82, 2.24) is 4.90 Å². The third-order valence-corrected chi connectivity index (χ3v) is 3.55. The van der Waals surface area contributed by atoms with E-state index in [9.17, 15) is 9.59 Å². The minimum Gasteiger partial charge on any atom is -0.315 e. The fraction of sp³-hybridized carbons (Fsp3) is 0.273. The first-order valence-corrected chi connectivity index (χ1v) is 5.75. The zero-order valence-corrected chi connectivity index (χ0v) is 10.8. The molecule has 1 heterocycles. The quantitative estimate of drug-likeness (QED) is 0.738. The second-order valence-corrected chi connectivity index (χ2v) is 4.66. The summed E-state index contributed by atoms with van der Waals surface area (Å²) in [4.78, 5) is 26.3. The number of carbonyl (C=O) groups excluding carboxylic acids is 2. The number of nitrogens with zero attached hydrogens (tertiary/aromatic N) is 2. The third-order valence-electron chi connectivity index (χ3n) is 2.81. The lowest BCUT2D eigenvalue weighted by atomic mass is 10.2. The monoisotopic (exact) mass is 272 g/mol. The van der Waals surface area contributed by atoms with E-state index in [0.717, 1.165) is 4.90 Å². The van der Waals surface area contributed by atoms with Crippen LogP contribution in [0.25, 0.3) is 0 Å². The van der Waals surface area contributed by atoms with E-state index in [0.29, 0.717) is 15.7 Å². The summed E-state index contributed by atoms with van der Waals surface area (Å²) in [6.45, 7) is 1.68. The van der Waals surface area contributed by atoms with E-state index in [4.69, 9.17) is 23.2 Å². The van der Waals surface area contributed by atoms with Crippen LogP contribution in [0.3, 0.4) is 0 Å². The van der Waals surface area contributed by atoms with Gasteiger partial charge in [0, 0.05) is 7.05 Å². The van der Waals surface area contributed by atoms with E-state index in [1.807, 2.05) is 0 Å². The van der Waals surface area contributed by atoms with E-state index < -0.39 is 6.04 Å². The number of benzene rings is 1. The average molecular weight is 273 g/mol. The van der Waals surface area contributed by atoms with Crippen molar-refractivity contribution in [1.29, 1.82) is 0 Å². The molecule has 1 aromatic rings. The van der Waals surface area contributed by atoms with Crippen molar-refractivity contribution in [2.45, 2.75) is 13.0 Å². The van der Waals surface area contributed by atoms with Crippen molar-refractivity contribution in [3.8, 4) is 0 Å². The van der Waals surface area contributed by atoms with Crippen LogP contribution in [0.1, 0.15) is 6.92 Å². The van der Waals surface area contributed by atoms with Crippen LogP contribution in [0, 0.1) is 0 Å². The van der Waals surface area contributed by atoms with Crippen molar-refractivity contribution in [2.75, 3.05) is 11.9 Å². The molecule has 0 N–H and O–H groups in total. The molecule has 0 bridgehead atoms. The lowest BCUT2D eigenvalue weighted by Gasteiger charge is -2.14. The SMILES string of the molecule is CC1C(=O)N(c2ccc(Cl)c(Cl)c2)C(=O)N1C. The van der Waals surface area contributed by atoms with Gasteiger partial charge >= 0.3 is 6.03 Å². The van der Waals surface area contributed by atoms with Gasteiger partial charge in [-0.1, -0.05) is 23.2 Å². The maximum absolute atomic E-state index is 11.9. The van der Waals surface area contributed by atoms with Gasteiger partial charge in [-0.25, -0.2) is 9.69 Å². The van der Waals surface area contributed by atoms with Crippen molar-refractivity contribution in [3.05, 3.63) is 28.2 Å². The van der Waals surface area contributed by atoms with Crippen LogP contribution in [0.5, 0.6) is 0 Å². The van der Waals surface area contributed by atoms with E-state index in [1.54, 1.807) is 26.1 Å². The number of amides is 3. The molecular weight excluding hydrogens is 263 g/mol. The van der Waals surface area contributed by atoms with Crippen LogP contribution in [-0.4, -0.2) is 29.9 Å². The van der Waals surface area contributed by atoms with Crippen molar-refractivity contribution in [2.24, 2.45) is 0 Å². The molecule has 0 radical (unpaired) electrons. The molecule has 1 atom stereocenters. The number of likely N-dealkylation sites (N-methyl/N-ethyl adjacent to an activating group) is 1. The Morgan fingerprint density at radius 2 is 1.82 bits per heavy atom. The Bertz CT molecular complexity index is 484. The largest absolute Gasteiger partial charge is 0.331 e. The Labute approximate surface area is 109 Å². The summed E-state index contributed by atoms with van der Waals surface area (Å²) < 4.78 is 0. The molecule has 0 aromatic heterocycles. The van der Waals surface area contributed by atoms with Crippen molar-refractivity contribution in [3.63, 3.8) is 0 Å². The smallest absolute Gasteiger partial charge is 0.315 e. The first kappa shape index (κ1) is 12.2. The van der Waals surface area contributed by atoms with Gasteiger partial charge in [-0.15, -0.1) is 0 Å². The lowest BCUT2D eigenvalue weighted by Crippen LogP contribution is -2.31. The molecule has 6 heteroatoms. The number of anilines is 1. The molecule has 1 unspecified atom stereocenters. The van der Waals surface area contributed by atoms with Crippen LogP contribution in [-0.2, 0) is 4.79 Å². The molecule has 0 spiro atoms. The Kier molecular flexibility index (Phi) is 3.02. The Hall–Kier alpha value is -1.26. The van der Waals surface area contributed by atoms with Gasteiger partial charge in [-0.2, -0.15) is 0 Å². The third kappa shape index (κ3) is 1.87. The summed E-state index contributed by atoms with van der Waals surface area (Å²) in [5.41, 5.74) is 0.436. The zero-order valence-electron chi connectivity index (χ0n) is 9.28. The highest BCUT2D eigenvalue weighted by Gasteiger charge is 2.41. The normalized spacial score (nSPS) is 20.4. The Morgan fingerprint density at radius 3 is 2.29 bits per heavy atom. The van der Waals surface area contributed by atoms with Gasteiger partial charge in [-0.05, 0) is 25.1 Å². The second kappa shape index (κ2) is 4.20. The Morgan fingerprint density at radius 1 is 1.18 bits per heavy atom. The van der Waals surface area contributed by atoms with Crippen LogP contribution in [0.4, 0.5) is 10.5 Å². The molecule has 1 aromatic carbocycles. The van der Waals surface area contributed by atoms with E-state index in [1.165, 1.54) is 11.0 Å². The highest BCUT2D eigenvalue weighted by molar-refractivity contribution is 6.42. The number of urea groups is 1. The summed E-state index contributed by atoms with van der Waals surface area (Å²) in [6, 6.07) is 3.84. The number of rotatable bonds is 1. The molecule has 0 aliphatic carbocycles. The van der Waals surface area contributed by atoms with Crippen molar-refractivity contribution >= 4 is 40.8 Å². The van der Waals surface area contributed by atoms with Crippen LogP contribution in [0.15, 0.2) is 18.2 Å². The number of halogens is 2. The lowest BCUT2D eigenvalue weighted by molar-refractivity contribution is -0.119. The standard InChI is InChI=1S/C11H10Cl2N2O2/c1-6-10(16)15(11(17)14(6)2)7-3-4-8(12)9(13)5-7/h3-6H,1-2H3. The highest BCUT2D eigenvalue weighted by atomic mass is 35.5. The molecule has 1 aliphatic heterocycles. The van der Waals surface area contributed by atoms with Crippen LogP contribution in [0.2, 0.25) is 10.0 Å². The first-order valence-electron chi connectivity index (χ1n) is 4.99. The van der Waals surface area contributed by atoms with Gasteiger partial charge in [-0.3, -0.25) is 4.79 Å². The molecular formula is C11H10Cl2N2O2. The number of hydrogen-bond donors (Lipinski definition) is 0. The molecule has 1 saturated heterocycles. The molecule has 4 nitrogen and oxygen atoms in total. The molecule has 0 saturated carbocycles. The van der Waals surface area contributed by atoms with Gasteiger partial charge in [0.25, 0.3) is 5.91 Å². The summed E-state index contributed by atoms with van der Waals surface area (Å²) in [5, 5.41) is 0.697. The predicted molar refractivity (Wildman–Crippen MR) is 66.6 cm³/mol. The van der Waals surface area contributed by atoms with Crippen LogP contribution < -0.4 is 4.90 Å². The fourth-order valence-corrected chi connectivity index (χ4v) is 1.92. The highest BCUT2D eigenvalue weighted by Crippen LogP contribution is 2.30. The van der Waals surface area contributed by atoms with Gasteiger partial charge in [0.05, 0.1) is 15.7 Å². The maximum atomic E-state index is 11.9. The number of hydrogen-bond acceptors (Lipinski definition) is 2. The van der Waals surface area contributed by atoms with Gasteiger partial charge in [0.15, 0.2) is 0 Å². The fourth-order valence-electron chi connectivity index (χ4n) is 1.63. The molecule has 90 valence electrons. The van der Waals surface area contributed by atoms with E-state index in [2.05, 4.69) is 0 Å². The molecule has 17 heavy (non-hydrogen) atoms. The molecule has 1 fully saturated rings. The molecule has 1 aliphatic rings. The average Bonchev–Trinajstić information content (AvgIpc) is 2.48. The molecule has 2 rings (SSSR count). The molecule has 3 amide bonds. The van der Waals surface area contributed by atoms with Gasteiger partial charge in [0.2, 0.25) is 0 Å². The number of carbonyl (C=O) groups is 2. The number of imide groups is 1. The minimum atomic E-state index is -0.461. The summed E-state index contributed by atoms with van der Waals surface area (Å²) >= 11 is 11.7. The first-order chi connectivity index (χ1) is 7.93. The zero-order chi connectivity index (χ0) is 12.7. The Balaban J connectivity index is 2.43. The van der Waals surface area contributed by atoms with Gasteiger partial charge in [0.1, 0.15) is 6.04 Å². The minimum absolute atomic E-state index is 0.268. The van der Waals surface area contributed by atoms with Gasteiger partial charge < -0.3 is 4.90 Å². The van der Waals surface area contributed by atoms with Crippen molar-refractivity contribution < 1.29 is 9.59 Å². The maximum Gasteiger partial charge on any atom is 0.331 e. The summed E-state index contributed by atoms with van der Waals surface area (Å²) in [5.74, 6) is -0.268.